The third-order valence-corrected chi connectivity index (χ3v) is 5.06. The molecule has 10 heteroatoms. The molecular weight excluding hydrogens is 425 g/mol. The van der Waals surface area contributed by atoms with Gasteiger partial charge in [-0.2, -0.15) is 15.0 Å². The zero-order chi connectivity index (χ0) is 21.3. The van der Waals surface area contributed by atoms with Crippen LogP contribution in [0.3, 0.4) is 0 Å². The highest BCUT2D eigenvalue weighted by Gasteiger charge is 2.17. The quantitative estimate of drug-likeness (QED) is 0.455. The van der Waals surface area contributed by atoms with E-state index in [2.05, 4.69) is 37.7 Å². The van der Waals surface area contributed by atoms with Crippen LogP contribution in [0.15, 0.2) is 43.0 Å². The van der Waals surface area contributed by atoms with Gasteiger partial charge in [-0.15, -0.1) is 0 Å². The predicted octanol–water partition coefficient (Wildman–Crippen LogP) is 4.01. The van der Waals surface area contributed by atoms with Gasteiger partial charge in [-0.05, 0) is 37.3 Å². The molecule has 3 aromatic rings. The smallest absolute Gasteiger partial charge is 0.255 e. The average molecular weight is 448 g/mol. The number of anilines is 1. The molecule has 2 N–H and O–H groups in total. The first-order valence-electron chi connectivity index (χ1n) is 9.69. The highest BCUT2D eigenvalue weighted by molar-refractivity contribution is 6.34. The minimum absolute atomic E-state index is 0.234. The van der Waals surface area contributed by atoms with Crippen molar-refractivity contribution in [3.05, 3.63) is 58.6 Å². The standard InChI is InChI=1S/C20H23Cl2N7O/c1-14(7-9-24-20-25-12-15(21)13-26-20)4-3-8-23-19(30)18-16(22)5-2-6-17(18)29-27-10-11-28-29/h2,5-6,10-14H,3-4,7-9H2,1H3,(H,23,30)(H,24,25,26). The molecule has 0 saturated carbocycles. The predicted molar refractivity (Wildman–Crippen MR) is 117 cm³/mol. The Morgan fingerprint density at radius 2 is 1.83 bits per heavy atom. The second-order valence-corrected chi connectivity index (χ2v) is 7.74. The zero-order valence-corrected chi connectivity index (χ0v) is 18.1. The second kappa shape index (κ2) is 10.9. The molecule has 0 saturated heterocycles. The van der Waals surface area contributed by atoms with Crippen LogP contribution in [0.4, 0.5) is 5.95 Å². The number of rotatable bonds is 10. The molecule has 0 radical (unpaired) electrons. The van der Waals surface area contributed by atoms with Crippen LogP contribution in [0.1, 0.15) is 36.5 Å². The van der Waals surface area contributed by atoms with Crippen molar-refractivity contribution < 1.29 is 4.79 Å². The van der Waals surface area contributed by atoms with Gasteiger partial charge in [-0.25, -0.2) is 9.97 Å². The fourth-order valence-corrected chi connectivity index (χ4v) is 3.32. The number of hydrogen-bond acceptors (Lipinski definition) is 6. The van der Waals surface area contributed by atoms with Crippen LogP contribution in [0.25, 0.3) is 5.69 Å². The Balaban J connectivity index is 1.41. The second-order valence-electron chi connectivity index (χ2n) is 6.90. The molecular formula is C20H23Cl2N7O. The molecule has 0 spiro atoms. The van der Waals surface area contributed by atoms with E-state index in [0.717, 1.165) is 25.8 Å². The van der Waals surface area contributed by atoms with Crippen LogP contribution in [0.5, 0.6) is 0 Å². The highest BCUT2D eigenvalue weighted by atomic mass is 35.5. The molecule has 8 nitrogen and oxygen atoms in total. The fraction of sp³-hybridized carbons (Fsp3) is 0.350. The molecule has 30 heavy (non-hydrogen) atoms. The van der Waals surface area contributed by atoms with E-state index in [1.54, 1.807) is 43.0 Å². The van der Waals surface area contributed by atoms with Crippen molar-refractivity contribution in [2.24, 2.45) is 5.92 Å². The molecule has 1 amide bonds. The van der Waals surface area contributed by atoms with E-state index in [-0.39, 0.29) is 5.91 Å². The zero-order valence-electron chi connectivity index (χ0n) is 16.6. The van der Waals surface area contributed by atoms with E-state index in [0.29, 0.717) is 39.7 Å². The Morgan fingerprint density at radius 3 is 2.57 bits per heavy atom. The van der Waals surface area contributed by atoms with Crippen LogP contribution >= 0.6 is 23.2 Å². The molecule has 0 aliphatic rings. The first-order valence-corrected chi connectivity index (χ1v) is 10.4. The molecule has 0 fully saturated rings. The number of carbonyl (C=O) groups is 1. The minimum Gasteiger partial charge on any atom is -0.354 e. The molecule has 0 aliphatic carbocycles. The Bertz CT molecular complexity index is 948. The van der Waals surface area contributed by atoms with Crippen molar-refractivity contribution >= 4 is 35.1 Å². The topological polar surface area (TPSA) is 97.6 Å². The first kappa shape index (κ1) is 22.0. The lowest BCUT2D eigenvalue weighted by Gasteiger charge is -2.13. The summed E-state index contributed by atoms with van der Waals surface area (Å²) < 4.78 is 0. The lowest BCUT2D eigenvalue weighted by molar-refractivity contribution is 0.0952. The number of hydrogen-bond donors (Lipinski definition) is 2. The van der Waals surface area contributed by atoms with E-state index in [9.17, 15) is 4.79 Å². The number of aromatic nitrogens is 5. The van der Waals surface area contributed by atoms with E-state index in [1.165, 1.54) is 4.80 Å². The highest BCUT2D eigenvalue weighted by Crippen LogP contribution is 2.22. The van der Waals surface area contributed by atoms with E-state index in [4.69, 9.17) is 23.2 Å². The van der Waals surface area contributed by atoms with Crippen LogP contribution < -0.4 is 10.6 Å². The van der Waals surface area contributed by atoms with Crippen LogP contribution in [0.2, 0.25) is 10.0 Å². The van der Waals surface area contributed by atoms with Crippen molar-refractivity contribution in [1.29, 1.82) is 0 Å². The Hall–Kier alpha value is -2.71. The maximum atomic E-state index is 12.7. The summed E-state index contributed by atoms with van der Waals surface area (Å²) in [5, 5.41) is 15.2. The SMILES string of the molecule is CC(CCCNC(=O)c1c(Cl)cccc1-n1nccn1)CCNc1ncc(Cl)cn1. The van der Waals surface area contributed by atoms with Crippen molar-refractivity contribution in [3.63, 3.8) is 0 Å². The molecule has 1 unspecified atom stereocenters. The fourth-order valence-electron chi connectivity index (χ4n) is 2.96. The average Bonchev–Trinajstić information content (AvgIpc) is 3.27. The third kappa shape index (κ3) is 6.14. The Morgan fingerprint density at radius 1 is 1.10 bits per heavy atom. The minimum atomic E-state index is -0.234. The van der Waals surface area contributed by atoms with Gasteiger partial charge in [-0.1, -0.05) is 36.2 Å². The summed E-state index contributed by atoms with van der Waals surface area (Å²) in [6, 6.07) is 5.21. The Labute approximate surface area is 185 Å². The first-order chi connectivity index (χ1) is 14.5. The van der Waals surface area contributed by atoms with Gasteiger partial charge in [0.25, 0.3) is 5.91 Å². The van der Waals surface area contributed by atoms with E-state index >= 15 is 0 Å². The van der Waals surface area contributed by atoms with Gasteiger partial charge in [0.2, 0.25) is 5.95 Å². The summed E-state index contributed by atoms with van der Waals surface area (Å²) >= 11 is 12.0. The number of nitrogens with zero attached hydrogens (tertiary/aromatic N) is 5. The molecule has 1 aromatic carbocycles. The summed E-state index contributed by atoms with van der Waals surface area (Å²) in [4.78, 5) is 22.3. The number of carbonyl (C=O) groups excluding carboxylic acids is 1. The van der Waals surface area contributed by atoms with Gasteiger partial charge in [0, 0.05) is 13.1 Å². The normalized spacial score (nSPS) is 11.8. The molecule has 2 aromatic heterocycles. The van der Waals surface area contributed by atoms with Gasteiger partial charge in [0.15, 0.2) is 0 Å². The monoisotopic (exact) mass is 447 g/mol. The van der Waals surface area contributed by atoms with Gasteiger partial charge in [0.1, 0.15) is 0 Å². The summed E-state index contributed by atoms with van der Waals surface area (Å²) in [6.45, 7) is 3.52. The lowest BCUT2D eigenvalue weighted by Crippen LogP contribution is -2.26. The maximum absolute atomic E-state index is 12.7. The largest absolute Gasteiger partial charge is 0.354 e. The summed E-state index contributed by atoms with van der Waals surface area (Å²) in [5.74, 6) is 0.828. The number of nitrogens with one attached hydrogen (secondary N) is 2. The van der Waals surface area contributed by atoms with Crippen LogP contribution in [-0.2, 0) is 0 Å². The molecule has 3 rings (SSSR count). The summed E-state index contributed by atoms with van der Waals surface area (Å²) in [5.41, 5.74) is 0.921. The molecule has 1 atom stereocenters. The number of amides is 1. The van der Waals surface area contributed by atoms with Gasteiger partial charge in [0.05, 0.1) is 46.1 Å². The summed E-state index contributed by atoms with van der Waals surface area (Å²) in [7, 11) is 0. The number of benzene rings is 1. The van der Waals surface area contributed by atoms with Gasteiger partial charge < -0.3 is 10.6 Å². The van der Waals surface area contributed by atoms with Crippen LogP contribution in [-0.4, -0.2) is 44.0 Å². The van der Waals surface area contributed by atoms with Crippen molar-refractivity contribution in [1.82, 2.24) is 30.3 Å². The van der Waals surface area contributed by atoms with E-state index in [1.807, 2.05) is 0 Å². The van der Waals surface area contributed by atoms with Crippen molar-refractivity contribution in [2.45, 2.75) is 26.2 Å². The molecule has 2 heterocycles. The maximum Gasteiger partial charge on any atom is 0.255 e. The van der Waals surface area contributed by atoms with Crippen molar-refractivity contribution in [2.75, 3.05) is 18.4 Å². The van der Waals surface area contributed by atoms with E-state index < -0.39 is 0 Å². The number of halogens is 2. The summed E-state index contributed by atoms with van der Waals surface area (Å²) in [6.07, 6.45) is 9.06. The Kier molecular flexibility index (Phi) is 7.98. The van der Waals surface area contributed by atoms with Crippen LogP contribution in [0, 0.1) is 5.92 Å². The van der Waals surface area contributed by atoms with Crippen molar-refractivity contribution in [3.8, 4) is 5.69 Å². The lowest BCUT2D eigenvalue weighted by atomic mass is 10.0. The van der Waals surface area contributed by atoms with Gasteiger partial charge >= 0.3 is 0 Å². The molecule has 158 valence electrons. The molecule has 0 aliphatic heterocycles. The van der Waals surface area contributed by atoms with Gasteiger partial charge in [-0.3, -0.25) is 4.79 Å². The third-order valence-electron chi connectivity index (χ3n) is 4.55. The molecule has 0 bridgehead atoms.